The zero-order chi connectivity index (χ0) is 18.0. The second kappa shape index (κ2) is 8.93. The van der Waals surface area contributed by atoms with Gasteiger partial charge in [0, 0.05) is 22.3 Å². The molecule has 0 saturated heterocycles. The molecule has 0 heteroatoms. The van der Waals surface area contributed by atoms with Crippen molar-refractivity contribution in [2.24, 2.45) is 0 Å². The zero-order valence-electron chi connectivity index (χ0n) is 14.4. The van der Waals surface area contributed by atoms with Crippen molar-refractivity contribution in [2.45, 2.75) is 0 Å². The third-order valence-corrected chi connectivity index (χ3v) is 3.68. The van der Waals surface area contributed by atoms with E-state index in [1.807, 2.05) is 97.1 Å². The molecular weight excluding hydrogens is 312 g/mol. The van der Waals surface area contributed by atoms with E-state index >= 15 is 0 Å². The van der Waals surface area contributed by atoms with Gasteiger partial charge in [0.2, 0.25) is 0 Å². The van der Waals surface area contributed by atoms with Gasteiger partial charge in [-0.05, 0) is 35.9 Å². The fourth-order valence-electron chi connectivity index (χ4n) is 2.31. The maximum atomic E-state index is 4.13. The summed E-state index contributed by atoms with van der Waals surface area (Å²) in [5, 5.41) is 0. The minimum atomic E-state index is 0.709. The maximum Gasteiger partial charge on any atom is 0.0405 e. The van der Waals surface area contributed by atoms with Crippen molar-refractivity contribution >= 4 is 6.08 Å². The normalized spacial score (nSPS) is 10.1. The van der Waals surface area contributed by atoms with Crippen LogP contribution in [0.25, 0.3) is 6.08 Å². The molecule has 0 aliphatic heterocycles. The molecule has 3 aromatic carbocycles. The molecule has 0 unspecified atom stereocenters. The number of rotatable bonds is 2. The molecule has 0 bridgehead atoms. The molecule has 0 aliphatic carbocycles. The summed E-state index contributed by atoms with van der Waals surface area (Å²) in [5.41, 5.74) is 4.54. The summed E-state index contributed by atoms with van der Waals surface area (Å²) in [4.78, 5) is 0. The number of allylic oxidation sites excluding steroid dienone is 2. The Bertz CT molecular complexity index is 1020. The van der Waals surface area contributed by atoms with E-state index in [4.69, 9.17) is 0 Å². The van der Waals surface area contributed by atoms with Gasteiger partial charge in [-0.2, -0.15) is 0 Å². The van der Waals surface area contributed by atoms with Crippen LogP contribution in [0.2, 0.25) is 0 Å². The van der Waals surface area contributed by atoms with Crippen molar-refractivity contribution in [2.75, 3.05) is 0 Å². The Kier molecular flexibility index (Phi) is 5.87. The first-order valence-electron chi connectivity index (χ1n) is 8.41. The molecule has 0 spiro atoms. The van der Waals surface area contributed by atoms with Gasteiger partial charge in [0.15, 0.2) is 0 Å². The minimum Gasteiger partial charge on any atom is -0.0820 e. The van der Waals surface area contributed by atoms with Crippen molar-refractivity contribution in [3.63, 3.8) is 0 Å². The molecule has 0 aliphatic rings. The summed E-state index contributed by atoms with van der Waals surface area (Å²) in [6, 6.07) is 29.9. The van der Waals surface area contributed by atoms with Crippen molar-refractivity contribution in [3.8, 4) is 23.7 Å². The quantitative estimate of drug-likeness (QED) is 0.416. The average Bonchev–Trinajstić information content (AvgIpc) is 2.71. The van der Waals surface area contributed by atoms with Gasteiger partial charge < -0.3 is 0 Å². The molecule has 3 aromatic rings. The highest BCUT2D eigenvalue weighted by Crippen LogP contribution is 2.13. The molecule has 0 amide bonds. The van der Waals surface area contributed by atoms with E-state index in [-0.39, 0.29) is 0 Å². The van der Waals surface area contributed by atoms with Crippen molar-refractivity contribution in [1.82, 2.24) is 0 Å². The first-order chi connectivity index (χ1) is 12.8. The Morgan fingerprint density at radius 3 is 1.62 bits per heavy atom. The van der Waals surface area contributed by atoms with E-state index in [0.29, 0.717) is 5.57 Å². The van der Waals surface area contributed by atoms with Gasteiger partial charge >= 0.3 is 0 Å². The Balaban J connectivity index is 1.93. The Morgan fingerprint density at radius 1 is 0.615 bits per heavy atom. The predicted molar refractivity (Wildman–Crippen MR) is 110 cm³/mol. The summed E-state index contributed by atoms with van der Waals surface area (Å²) in [6.07, 6.45) is 2.03. The molecule has 0 aromatic heterocycles. The molecule has 26 heavy (non-hydrogen) atoms. The molecule has 122 valence electrons. The van der Waals surface area contributed by atoms with Crippen LogP contribution in [-0.2, 0) is 0 Å². The van der Waals surface area contributed by atoms with Crippen molar-refractivity contribution in [3.05, 3.63) is 125 Å². The highest BCUT2D eigenvalue weighted by atomic mass is 14.0. The number of hydrogen-bond donors (Lipinski definition) is 0. The van der Waals surface area contributed by atoms with Crippen LogP contribution in [0.4, 0.5) is 0 Å². The summed E-state index contributed by atoms with van der Waals surface area (Å²) in [7, 11) is 0. The van der Waals surface area contributed by atoms with Gasteiger partial charge in [0.25, 0.3) is 0 Å². The van der Waals surface area contributed by atoms with Gasteiger partial charge in [-0.25, -0.2) is 0 Å². The molecule has 0 N–H and O–H groups in total. The molecule has 0 nitrogen and oxygen atoms in total. The second-order valence-electron chi connectivity index (χ2n) is 5.68. The number of hydrogen-bond acceptors (Lipinski definition) is 0. The molecule has 0 atom stereocenters. The number of benzene rings is 3. The van der Waals surface area contributed by atoms with Crippen LogP contribution in [0, 0.1) is 23.7 Å². The largest absolute Gasteiger partial charge is 0.0820 e. The smallest absolute Gasteiger partial charge is 0.0405 e. The zero-order valence-corrected chi connectivity index (χ0v) is 14.4. The summed E-state index contributed by atoms with van der Waals surface area (Å²) in [6.45, 7) is 4.13. The van der Waals surface area contributed by atoms with Crippen LogP contribution in [0.15, 0.2) is 109 Å². The SMILES string of the molecule is C=C(C#Cc1ccccc1)/C(C#Cc1ccccc1)=C/c1ccccc1. The summed E-state index contributed by atoms with van der Waals surface area (Å²) < 4.78 is 0. The Morgan fingerprint density at radius 2 is 1.08 bits per heavy atom. The lowest BCUT2D eigenvalue weighted by atomic mass is 10.0. The Labute approximate surface area is 155 Å². The lowest BCUT2D eigenvalue weighted by molar-refractivity contribution is 1.61. The van der Waals surface area contributed by atoms with Gasteiger partial charge in [-0.1, -0.05) is 97.0 Å². The van der Waals surface area contributed by atoms with Crippen LogP contribution in [-0.4, -0.2) is 0 Å². The van der Waals surface area contributed by atoms with Gasteiger partial charge in [0.1, 0.15) is 0 Å². The van der Waals surface area contributed by atoms with E-state index in [0.717, 1.165) is 22.3 Å². The lowest BCUT2D eigenvalue weighted by Gasteiger charge is -1.99. The monoisotopic (exact) mass is 330 g/mol. The highest BCUT2D eigenvalue weighted by Gasteiger charge is 1.98. The molecule has 0 saturated carbocycles. The first-order valence-corrected chi connectivity index (χ1v) is 8.41. The first kappa shape index (κ1) is 17.1. The maximum absolute atomic E-state index is 4.13. The van der Waals surface area contributed by atoms with Gasteiger partial charge in [-0.3, -0.25) is 0 Å². The van der Waals surface area contributed by atoms with Crippen LogP contribution in [0.3, 0.4) is 0 Å². The lowest BCUT2D eigenvalue weighted by Crippen LogP contribution is -1.85. The molecular formula is C26H18. The van der Waals surface area contributed by atoms with Gasteiger partial charge in [-0.15, -0.1) is 0 Å². The summed E-state index contributed by atoms with van der Waals surface area (Å²) >= 11 is 0. The second-order valence-corrected chi connectivity index (χ2v) is 5.68. The predicted octanol–water partition coefficient (Wildman–Crippen LogP) is 5.73. The molecule has 0 heterocycles. The summed E-state index contributed by atoms with van der Waals surface area (Å²) in [5.74, 6) is 12.7. The van der Waals surface area contributed by atoms with E-state index in [1.165, 1.54) is 0 Å². The van der Waals surface area contributed by atoms with Crippen molar-refractivity contribution < 1.29 is 0 Å². The van der Waals surface area contributed by atoms with E-state index in [2.05, 4.69) is 30.3 Å². The molecule has 0 radical (unpaired) electrons. The van der Waals surface area contributed by atoms with Crippen LogP contribution in [0.1, 0.15) is 16.7 Å². The van der Waals surface area contributed by atoms with Crippen LogP contribution >= 0.6 is 0 Å². The Hall–Kier alpha value is -3.74. The van der Waals surface area contributed by atoms with E-state index in [1.54, 1.807) is 0 Å². The molecule has 3 rings (SSSR count). The van der Waals surface area contributed by atoms with E-state index in [9.17, 15) is 0 Å². The van der Waals surface area contributed by atoms with Crippen LogP contribution < -0.4 is 0 Å². The fraction of sp³-hybridized carbons (Fsp3) is 0. The third-order valence-electron chi connectivity index (χ3n) is 3.68. The molecule has 0 fully saturated rings. The fourth-order valence-corrected chi connectivity index (χ4v) is 2.31. The highest BCUT2D eigenvalue weighted by molar-refractivity contribution is 5.69. The average molecular weight is 330 g/mol. The van der Waals surface area contributed by atoms with Crippen LogP contribution in [0.5, 0.6) is 0 Å². The van der Waals surface area contributed by atoms with E-state index < -0.39 is 0 Å². The van der Waals surface area contributed by atoms with Crippen molar-refractivity contribution in [1.29, 1.82) is 0 Å². The third kappa shape index (κ3) is 5.13. The standard InChI is InChI=1S/C26H18/c1-22(17-18-23-11-5-2-6-12-23)26(21-25-15-9-4-10-16-25)20-19-24-13-7-3-8-14-24/h2-16,21H,1H2/b26-21+. The van der Waals surface area contributed by atoms with Gasteiger partial charge in [0.05, 0.1) is 0 Å². The minimum absolute atomic E-state index is 0.709. The topological polar surface area (TPSA) is 0 Å².